The van der Waals surface area contributed by atoms with Crippen molar-refractivity contribution >= 4 is 23.4 Å². The monoisotopic (exact) mass is 417 g/mol. The Hall–Kier alpha value is -2.47. The minimum Gasteiger partial charge on any atom is -0.459 e. The van der Waals surface area contributed by atoms with Gasteiger partial charge in [-0.25, -0.2) is 4.79 Å². The fraction of sp³-hybridized carbons (Fsp3) is 0.455. The van der Waals surface area contributed by atoms with Crippen molar-refractivity contribution < 1.29 is 23.8 Å². The van der Waals surface area contributed by atoms with Crippen LogP contribution in [0.1, 0.15) is 57.9 Å². The normalized spacial score (nSPS) is 21.7. The third-order valence-corrected chi connectivity index (χ3v) is 6.01. The zero-order valence-electron chi connectivity index (χ0n) is 16.8. The molecule has 29 heavy (non-hydrogen) atoms. The van der Waals surface area contributed by atoms with E-state index in [2.05, 4.69) is 5.32 Å². The maximum Gasteiger partial charge on any atom is 0.337 e. The molecule has 0 spiro atoms. The van der Waals surface area contributed by atoms with Gasteiger partial charge in [0.1, 0.15) is 0 Å². The van der Waals surface area contributed by atoms with E-state index in [0.717, 1.165) is 18.5 Å². The molecule has 1 aliphatic carbocycles. The number of rotatable bonds is 4. The van der Waals surface area contributed by atoms with E-state index in [1.807, 2.05) is 20.8 Å². The molecule has 1 N–H and O–H groups in total. The second-order valence-electron chi connectivity index (χ2n) is 7.62. The van der Waals surface area contributed by atoms with Crippen molar-refractivity contribution in [2.24, 2.45) is 0 Å². The van der Waals surface area contributed by atoms with Crippen LogP contribution in [-0.2, 0) is 14.3 Å². The highest BCUT2D eigenvalue weighted by molar-refractivity contribution is 6.32. The van der Waals surface area contributed by atoms with E-state index >= 15 is 0 Å². The number of ether oxygens (including phenoxy) is 3. The van der Waals surface area contributed by atoms with Gasteiger partial charge in [0, 0.05) is 40.4 Å². The topological polar surface area (TPSA) is 73.9 Å². The Morgan fingerprint density at radius 3 is 2.76 bits per heavy atom. The summed E-state index contributed by atoms with van der Waals surface area (Å²) in [4.78, 5) is 26.1. The Morgan fingerprint density at radius 1 is 1.31 bits per heavy atom. The molecule has 3 aliphatic rings. The molecule has 2 heterocycles. The van der Waals surface area contributed by atoms with Gasteiger partial charge < -0.3 is 19.5 Å². The molecule has 1 aromatic carbocycles. The molecule has 6 nitrogen and oxygen atoms in total. The lowest BCUT2D eigenvalue weighted by Gasteiger charge is -2.34. The quantitative estimate of drug-likeness (QED) is 0.733. The molecule has 7 heteroatoms. The molecule has 154 valence electrons. The maximum atomic E-state index is 13.1. The van der Waals surface area contributed by atoms with E-state index in [1.165, 1.54) is 0 Å². The number of fused-ring (bicyclic) bond motifs is 1. The minimum absolute atomic E-state index is 0.0267. The smallest absolute Gasteiger partial charge is 0.337 e. The molecule has 0 fully saturated rings. The molecule has 0 amide bonds. The largest absolute Gasteiger partial charge is 0.459 e. The average molecular weight is 418 g/mol. The SMILES string of the molecule is CCC(C)OC(=O)C1=C(C)NC2=C(C(=O)CCC2)C1c1cc2c(cc1Cl)OCO2. The van der Waals surface area contributed by atoms with Crippen molar-refractivity contribution in [3.8, 4) is 11.5 Å². The van der Waals surface area contributed by atoms with Crippen LogP contribution in [-0.4, -0.2) is 24.6 Å². The Bertz CT molecular complexity index is 949. The summed E-state index contributed by atoms with van der Waals surface area (Å²) in [6.07, 6.45) is 2.46. The van der Waals surface area contributed by atoms with Gasteiger partial charge in [-0.15, -0.1) is 0 Å². The van der Waals surface area contributed by atoms with Gasteiger partial charge in [0.25, 0.3) is 0 Å². The van der Waals surface area contributed by atoms with Gasteiger partial charge in [-0.05, 0) is 44.7 Å². The van der Waals surface area contributed by atoms with E-state index in [9.17, 15) is 9.59 Å². The van der Waals surface area contributed by atoms with Crippen LogP contribution in [0.15, 0.2) is 34.7 Å². The zero-order valence-corrected chi connectivity index (χ0v) is 17.5. The average Bonchev–Trinajstić information content (AvgIpc) is 3.13. The van der Waals surface area contributed by atoms with Crippen molar-refractivity contribution in [1.29, 1.82) is 0 Å². The summed E-state index contributed by atoms with van der Waals surface area (Å²) in [5.41, 5.74) is 3.21. The number of esters is 1. The summed E-state index contributed by atoms with van der Waals surface area (Å²) in [6, 6.07) is 3.46. The molecule has 0 saturated carbocycles. The van der Waals surface area contributed by atoms with Crippen LogP contribution in [0.3, 0.4) is 0 Å². The van der Waals surface area contributed by atoms with Crippen molar-refractivity contribution in [3.05, 3.63) is 45.3 Å². The van der Waals surface area contributed by atoms with E-state index in [-0.39, 0.29) is 18.7 Å². The van der Waals surface area contributed by atoms with Crippen molar-refractivity contribution in [1.82, 2.24) is 5.32 Å². The number of carbonyl (C=O) groups excluding carboxylic acids is 2. The first-order chi connectivity index (χ1) is 13.9. The summed E-state index contributed by atoms with van der Waals surface area (Å²) in [5, 5.41) is 3.71. The highest BCUT2D eigenvalue weighted by Gasteiger charge is 2.41. The summed E-state index contributed by atoms with van der Waals surface area (Å²) in [6.45, 7) is 5.76. The van der Waals surface area contributed by atoms with Crippen LogP contribution in [0.25, 0.3) is 0 Å². The van der Waals surface area contributed by atoms with Gasteiger partial charge >= 0.3 is 5.97 Å². The van der Waals surface area contributed by atoms with E-state index < -0.39 is 11.9 Å². The Kier molecular flexibility index (Phi) is 5.30. The highest BCUT2D eigenvalue weighted by Crippen LogP contribution is 2.48. The number of halogens is 1. The molecule has 0 radical (unpaired) electrons. The van der Waals surface area contributed by atoms with Crippen LogP contribution < -0.4 is 14.8 Å². The highest BCUT2D eigenvalue weighted by atomic mass is 35.5. The molecular formula is C22H24ClNO5. The molecule has 2 atom stereocenters. The van der Waals surface area contributed by atoms with Gasteiger partial charge in [-0.2, -0.15) is 0 Å². The molecule has 0 saturated heterocycles. The molecule has 0 bridgehead atoms. The van der Waals surface area contributed by atoms with Crippen LogP contribution in [0.5, 0.6) is 11.5 Å². The lowest BCUT2D eigenvalue weighted by molar-refractivity contribution is -0.144. The number of hydrogen-bond donors (Lipinski definition) is 1. The Morgan fingerprint density at radius 2 is 2.03 bits per heavy atom. The van der Waals surface area contributed by atoms with E-state index in [0.29, 0.717) is 51.8 Å². The van der Waals surface area contributed by atoms with Crippen molar-refractivity contribution in [3.63, 3.8) is 0 Å². The second-order valence-corrected chi connectivity index (χ2v) is 8.02. The molecule has 2 unspecified atom stereocenters. The lowest BCUT2D eigenvalue weighted by atomic mass is 9.75. The minimum atomic E-state index is -0.599. The molecule has 2 aliphatic heterocycles. The van der Waals surface area contributed by atoms with Crippen LogP contribution in [0.4, 0.5) is 0 Å². The molecule has 0 aromatic heterocycles. The number of dihydropyridines is 1. The first-order valence-electron chi connectivity index (χ1n) is 9.94. The summed E-state index contributed by atoms with van der Waals surface area (Å²) in [5.74, 6) is 0.103. The van der Waals surface area contributed by atoms with Gasteiger partial charge in [-0.1, -0.05) is 18.5 Å². The van der Waals surface area contributed by atoms with Gasteiger partial charge in [0.05, 0.1) is 11.7 Å². The number of ketones is 1. The Balaban J connectivity index is 1.86. The van der Waals surface area contributed by atoms with Crippen molar-refractivity contribution in [2.45, 2.75) is 58.5 Å². The van der Waals surface area contributed by atoms with Gasteiger partial charge in [0.2, 0.25) is 6.79 Å². The number of carbonyl (C=O) groups is 2. The van der Waals surface area contributed by atoms with Gasteiger partial charge in [-0.3, -0.25) is 4.79 Å². The van der Waals surface area contributed by atoms with Crippen molar-refractivity contribution in [2.75, 3.05) is 6.79 Å². The third-order valence-electron chi connectivity index (χ3n) is 5.68. The van der Waals surface area contributed by atoms with Gasteiger partial charge in [0.15, 0.2) is 17.3 Å². The molecular weight excluding hydrogens is 394 g/mol. The predicted molar refractivity (Wildman–Crippen MR) is 108 cm³/mol. The lowest BCUT2D eigenvalue weighted by Crippen LogP contribution is -2.35. The first kappa shape index (κ1) is 19.8. The second kappa shape index (κ2) is 7.75. The third kappa shape index (κ3) is 3.50. The maximum absolute atomic E-state index is 13.1. The summed E-state index contributed by atoms with van der Waals surface area (Å²) >= 11 is 6.61. The first-order valence-corrected chi connectivity index (χ1v) is 10.3. The molecule has 1 aromatic rings. The van der Waals surface area contributed by atoms with E-state index in [4.69, 9.17) is 25.8 Å². The van der Waals surface area contributed by atoms with Crippen LogP contribution in [0, 0.1) is 0 Å². The Labute approximate surface area is 174 Å². The van der Waals surface area contributed by atoms with Crippen LogP contribution >= 0.6 is 11.6 Å². The fourth-order valence-corrected chi connectivity index (χ4v) is 4.31. The molecule has 4 rings (SSSR count). The number of Topliss-reactive ketones (excluding diaryl/α,β-unsaturated/α-hetero) is 1. The number of benzene rings is 1. The number of allylic oxidation sites excluding steroid dienone is 3. The number of hydrogen-bond acceptors (Lipinski definition) is 6. The zero-order chi connectivity index (χ0) is 20.7. The summed E-state index contributed by atoms with van der Waals surface area (Å²) in [7, 11) is 0. The van der Waals surface area contributed by atoms with Crippen LogP contribution in [0.2, 0.25) is 5.02 Å². The standard InChI is InChI=1S/C22H24ClNO5/c1-4-11(2)29-22(26)19-12(3)24-15-6-5-7-16(25)21(15)20(19)13-8-17-18(9-14(13)23)28-10-27-17/h8-9,11,20,24H,4-7,10H2,1-3H3. The summed E-state index contributed by atoms with van der Waals surface area (Å²) < 4.78 is 16.6. The predicted octanol–water partition coefficient (Wildman–Crippen LogP) is 4.38. The number of nitrogens with one attached hydrogen (secondary N) is 1. The fourth-order valence-electron chi connectivity index (χ4n) is 4.05. The van der Waals surface area contributed by atoms with E-state index in [1.54, 1.807) is 12.1 Å².